The number of aliphatic hydroxyl groups excluding tert-OH is 1. The first kappa shape index (κ1) is 8.47. The zero-order valence-electron chi connectivity index (χ0n) is 7.00. The Morgan fingerprint density at radius 3 is 2.73 bits per heavy atom. The Morgan fingerprint density at radius 2 is 2.36 bits per heavy atom. The van der Waals surface area contributed by atoms with Crippen LogP contribution in [0, 0.1) is 5.92 Å². The molecule has 1 N–H and O–H groups in total. The zero-order chi connectivity index (χ0) is 8.43. The normalized spacial score (nSPS) is 24.0. The van der Waals surface area contributed by atoms with Crippen molar-refractivity contribution in [3.05, 3.63) is 11.6 Å². The molecule has 0 fully saturated rings. The molecule has 1 unspecified atom stereocenters. The molecule has 0 saturated carbocycles. The highest BCUT2D eigenvalue weighted by Crippen LogP contribution is 2.21. The molecule has 0 radical (unpaired) electrons. The van der Waals surface area contributed by atoms with E-state index in [-0.39, 0.29) is 11.7 Å². The largest absolute Gasteiger partial charge is 0.388 e. The van der Waals surface area contributed by atoms with Gasteiger partial charge in [-0.05, 0) is 12.8 Å². The monoisotopic (exact) mass is 154 g/mol. The second kappa shape index (κ2) is 3.18. The number of Topliss-reactive ketones (excluding diaryl/α,β-unsaturated/α-hetero) is 1. The maximum atomic E-state index is 11.3. The highest BCUT2D eigenvalue weighted by molar-refractivity contribution is 5.97. The lowest BCUT2D eigenvalue weighted by Crippen LogP contribution is -2.18. The van der Waals surface area contributed by atoms with Gasteiger partial charge in [0.05, 0.1) is 6.10 Å². The molecule has 62 valence electrons. The van der Waals surface area contributed by atoms with Gasteiger partial charge in [-0.25, -0.2) is 0 Å². The molecule has 1 aliphatic carbocycles. The average Bonchev–Trinajstić information content (AvgIpc) is 2.33. The first-order chi connectivity index (χ1) is 5.13. The predicted molar refractivity (Wildman–Crippen MR) is 43.2 cm³/mol. The Labute approximate surface area is 66.9 Å². The van der Waals surface area contributed by atoms with Crippen LogP contribution in [0.4, 0.5) is 0 Å². The van der Waals surface area contributed by atoms with Crippen LogP contribution in [-0.4, -0.2) is 17.0 Å². The van der Waals surface area contributed by atoms with E-state index in [0.29, 0.717) is 12.0 Å². The van der Waals surface area contributed by atoms with Crippen molar-refractivity contribution in [2.24, 2.45) is 5.92 Å². The Morgan fingerprint density at radius 1 is 1.73 bits per heavy atom. The summed E-state index contributed by atoms with van der Waals surface area (Å²) in [5.74, 6) is 0.101. The van der Waals surface area contributed by atoms with E-state index < -0.39 is 6.10 Å². The molecule has 0 saturated heterocycles. The van der Waals surface area contributed by atoms with Crippen LogP contribution in [0.15, 0.2) is 11.6 Å². The number of aliphatic hydroxyl groups is 1. The summed E-state index contributed by atoms with van der Waals surface area (Å²) in [5, 5.41) is 9.32. The quantitative estimate of drug-likeness (QED) is 0.650. The fraction of sp³-hybridized carbons (Fsp3) is 0.667. The fourth-order valence-corrected chi connectivity index (χ4v) is 1.29. The van der Waals surface area contributed by atoms with E-state index >= 15 is 0 Å². The van der Waals surface area contributed by atoms with Crippen LogP contribution in [0.2, 0.25) is 0 Å². The summed E-state index contributed by atoms with van der Waals surface area (Å²) in [6, 6.07) is 0. The maximum Gasteiger partial charge on any atom is 0.163 e. The number of carbonyl (C=O) groups excluding carboxylic acids is 1. The maximum absolute atomic E-state index is 11.3. The topological polar surface area (TPSA) is 37.3 Å². The van der Waals surface area contributed by atoms with E-state index in [9.17, 15) is 9.90 Å². The van der Waals surface area contributed by atoms with Gasteiger partial charge in [-0.15, -0.1) is 0 Å². The number of carbonyl (C=O) groups is 1. The average molecular weight is 154 g/mol. The van der Waals surface area contributed by atoms with Crippen molar-refractivity contribution in [3.63, 3.8) is 0 Å². The molecular weight excluding hydrogens is 140 g/mol. The van der Waals surface area contributed by atoms with Crippen LogP contribution >= 0.6 is 0 Å². The molecule has 0 aromatic heterocycles. The van der Waals surface area contributed by atoms with Crippen molar-refractivity contribution >= 4 is 5.78 Å². The van der Waals surface area contributed by atoms with Gasteiger partial charge in [-0.2, -0.15) is 0 Å². The molecule has 2 nitrogen and oxygen atoms in total. The van der Waals surface area contributed by atoms with Crippen LogP contribution in [-0.2, 0) is 4.79 Å². The highest BCUT2D eigenvalue weighted by atomic mass is 16.3. The third-order valence-corrected chi connectivity index (χ3v) is 1.97. The van der Waals surface area contributed by atoms with Gasteiger partial charge in [0.25, 0.3) is 0 Å². The highest BCUT2D eigenvalue weighted by Gasteiger charge is 2.23. The first-order valence-corrected chi connectivity index (χ1v) is 4.05. The molecule has 0 spiro atoms. The number of allylic oxidation sites excluding steroid dienone is 1. The number of hydrogen-bond acceptors (Lipinski definition) is 2. The van der Waals surface area contributed by atoms with E-state index in [1.54, 1.807) is 0 Å². The second-order valence-electron chi connectivity index (χ2n) is 3.27. The Kier molecular flexibility index (Phi) is 2.45. The molecule has 1 rings (SSSR count). The van der Waals surface area contributed by atoms with Crippen molar-refractivity contribution in [3.8, 4) is 0 Å². The summed E-state index contributed by atoms with van der Waals surface area (Å²) in [6.45, 7) is 3.71. The number of hydrogen-bond donors (Lipinski definition) is 1. The summed E-state index contributed by atoms with van der Waals surface area (Å²) in [5.41, 5.74) is 0.625. The molecule has 2 heteroatoms. The van der Waals surface area contributed by atoms with E-state index in [2.05, 4.69) is 0 Å². The Hall–Kier alpha value is -0.630. The van der Waals surface area contributed by atoms with Crippen molar-refractivity contribution in [1.82, 2.24) is 0 Å². The van der Waals surface area contributed by atoms with Crippen LogP contribution in [0.3, 0.4) is 0 Å². The van der Waals surface area contributed by atoms with Crippen molar-refractivity contribution < 1.29 is 9.90 Å². The Bertz CT molecular complexity index is 192. The number of rotatable bonds is 2. The van der Waals surface area contributed by atoms with E-state index in [1.807, 2.05) is 19.9 Å². The summed E-state index contributed by atoms with van der Waals surface area (Å²) in [6.07, 6.45) is 2.92. The van der Waals surface area contributed by atoms with Gasteiger partial charge in [-0.3, -0.25) is 4.79 Å². The lowest BCUT2D eigenvalue weighted by Gasteiger charge is -2.08. The van der Waals surface area contributed by atoms with Gasteiger partial charge in [0, 0.05) is 11.5 Å². The Balaban J connectivity index is 2.67. The fourth-order valence-electron chi connectivity index (χ4n) is 1.29. The molecule has 1 aliphatic rings. The van der Waals surface area contributed by atoms with Crippen LogP contribution in [0.25, 0.3) is 0 Å². The molecular formula is C9H14O2. The molecule has 1 atom stereocenters. The smallest absolute Gasteiger partial charge is 0.163 e. The van der Waals surface area contributed by atoms with Crippen LogP contribution in [0.5, 0.6) is 0 Å². The third-order valence-electron chi connectivity index (χ3n) is 1.97. The zero-order valence-corrected chi connectivity index (χ0v) is 7.00. The van der Waals surface area contributed by atoms with Crippen molar-refractivity contribution in [1.29, 1.82) is 0 Å². The molecule has 11 heavy (non-hydrogen) atoms. The minimum absolute atomic E-state index is 0.00833. The third kappa shape index (κ3) is 1.69. The van der Waals surface area contributed by atoms with Gasteiger partial charge in [0.15, 0.2) is 5.78 Å². The van der Waals surface area contributed by atoms with Crippen molar-refractivity contribution in [2.45, 2.75) is 32.8 Å². The lowest BCUT2D eigenvalue weighted by atomic mass is 9.99. The molecule has 0 aromatic rings. The van der Waals surface area contributed by atoms with E-state index in [0.717, 1.165) is 6.42 Å². The molecule has 0 heterocycles. The summed E-state index contributed by atoms with van der Waals surface area (Å²) < 4.78 is 0. The van der Waals surface area contributed by atoms with Gasteiger partial charge < -0.3 is 5.11 Å². The first-order valence-electron chi connectivity index (χ1n) is 4.05. The molecule has 0 aliphatic heterocycles. The van der Waals surface area contributed by atoms with Gasteiger partial charge in [0.1, 0.15) is 0 Å². The summed E-state index contributed by atoms with van der Waals surface area (Å²) in [7, 11) is 0. The summed E-state index contributed by atoms with van der Waals surface area (Å²) >= 11 is 0. The number of ketones is 1. The second-order valence-corrected chi connectivity index (χ2v) is 3.27. The van der Waals surface area contributed by atoms with Gasteiger partial charge >= 0.3 is 0 Å². The van der Waals surface area contributed by atoms with Gasteiger partial charge in [-0.1, -0.05) is 19.9 Å². The van der Waals surface area contributed by atoms with Crippen LogP contribution in [0.1, 0.15) is 26.7 Å². The van der Waals surface area contributed by atoms with Gasteiger partial charge in [0.2, 0.25) is 0 Å². The minimum Gasteiger partial charge on any atom is -0.388 e. The van der Waals surface area contributed by atoms with Crippen molar-refractivity contribution in [2.75, 3.05) is 0 Å². The summed E-state index contributed by atoms with van der Waals surface area (Å²) in [4.78, 5) is 11.3. The van der Waals surface area contributed by atoms with E-state index in [1.165, 1.54) is 0 Å². The van der Waals surface area contributed by atoms with Crippen LogP contribution < -0.4 is 0 Å². The minimum atomic E-state index is -0.495. The SMILES string of the molecule is CC(C)C(=O)C1=CCCC1O. The lowest BCUT2D eigenvalue weighted by molar-refractivity contribution is -0.119. The van der Waals surface area contributed by atoms with E-state index in [4.69, 9.17) is 0 Å². The molecule has 0 amide bonds. The molecule has 0 bridgehead atoms. The standard InChI is InChI=1S/C9H14O2/c1-6(2)9(11)7-4-3-5-8(7)10/h4,6,8,10H,3,5H2,1-2H3. The molecule has 0 aromatic carbocycles. The predicted octanol–water partition coefficient (Wildman–Crippen LogP) is 1.29.